The summed E-state index contributed by atoms with van der Waals surface area (Å²) in [4.78, 5) is 11.8. The second-order valence-electron chi connectivity index (χ2n) is 6.82. The normalized spacial score (nSPS) is 11.8. The van der Waals surface area contributed by atoms with Gasteiger partial charge in [0.05, 0.1) is 12.7 Å². The van der Waals surface area contributed by atoms with E-state index in [9.17, 15) is 4.79 Å². The Balaban J connectivity index is 1.66. The molecule has 0 aliphatic carbocycles. The number of aromatic nitrogens is 2. The molecule has 6 heteroatoms. The van der Waals surface area contributed by atoms with Crippen LogP contribution in [-0.4, -0.2) is 28.2 Å². The minimum Gasteiger partial charge on any atom is -0.454 e. The number of carbonyl (C=O) groups excluding carboxylic acids is 1. The van der Waals surface area contributed by atoms with Crippen LogP contribution in [0, 0.1) is 0 Å². The molecule has 1 amide bonds. The molecular formula is C18H22N4O2. The number of hydrogen-bond acceptors (Lipinski definition) is 4. The van der Waals surface area contributed by atoms with Crippen molar-refractivity contribution in [3.63, 3.8) is 0 Å². The molecule has 2 heterocycles. The number of nitrogens with one attached hydrogen (secondary N) is 3. The van der Waals surface area contributed by atoms with E-state index in [2.05, 4.69) is 20.8 Å². The van der Waals surface area contributed by atoms with Gasteiger partial charge in [-0.3, -0.25) is 9.89 Å². The van der Waals surface area contributed by atoms with E-state index in [0.717, 1.165) is 28.0 Å². The Kier molecular flexibility index (Phi) is 4.40. The van der Waals surface area contributed by atoms with Gasteiger partial charge in [0.1, 0.15) is 11.3 Å². The zero-order valence-corrected chi connectivity index (χ0v) is 14.1. The average molecular weight is 326 g/mol. The van der Waals surface area contributed by atoms with Crippen molar-refractivity contribution in [3.8, 4) is 11.5 Å². The molecule has 6 nitrogen and oxygen atoms in total. The molecule has 3 N–H and O–H groups in total. The van der Waals surface area contributed by atoms with Crippen molar-refractivity contribution in [1.29, 1.82) is 0 Å². The van der Waals surface area contributed by atoms with Crippen LogP contribution in [0.5, 0.6) is 0 Å². The lowest BCUT2D eigenvalue weighted by molar-refractivity contribution is -0.121. The van der Waals surface area contributed by atoms with Crippen molar-refractivity contribution in [2.24, 2.45) is 0 Å². The van der Waals surface area contributed by atoms with Crippen LogP contribution >= 0.6 is 0 Å². The maximum absolute atomic E-state index is 11.8. The van der Waals surface area contributed by atoms with Crippen LogP contribution < -0.4 is 10.6 Å². The van der Waals surface area contributed by atoms with E-state index in [0.29, 0.717) is 6.54 Å². The van der Waals surface area contributed by atoms with Crippen molar-refractivity contribution in [2.75, 3.05) is 6.54 Å². The Morgan fingerprint density at radius 1 is 1.29 bits per heavy atom. The first kappa shape index (κ1) is 16.3. The molecule has 2 aromatic heterocycles. The third kappa shape index (κ3) is 3.83. The fourth-order valence-corrected chi connectivity index (χ4v) is 2.54. The molecule has 0 saturated heterocycles. The summed E-state index contributed by atoms with van der Waals surface area (Å²) in [5.41, 5.74) is 2.39. The minimum absolute atomic E-state index is 0.0312. The van der Waals surface area contributed by atoms with E-state index in [1.54, 1.807) is 6.20 Å². The third-order valence-electron chi connectivity index (χ3n) is 3.51. The summed E-state index contributed by atoms with van der Waals surface area (Å²) >= 11 is 0. The Labute approximate surface area is 140 Å². The van der Waals surface area contributed by atoms with Crippen LogP contribution in [0.1, 0.15) is 26.3 Å². The van der Waals surface area contributed by atoms with E-state index >= 15 is 0 Å². The van der Waals surface area contributed by atoms with Crippen molar-refractivity contribution < 1.29 is 9.21 Å². The summed E-state index contributed by atoms with van der Waals surface area (Å²) in [5, 5.41) is 14.2. The third-order valence-corrected chi connectivity index (χ3v) is 3.51. The summed E-state index contributed by atoms with van der Waals surface area (Å²) in [6.45, 7) is 6.66. The van der Waals surface area contributed by atoms with Gasteiger partial charge in [-0.1, -0.05) is 18.2 Å². The first-order chi connectivity index (χ1) is 11.4. The van der Waals surface area contributed by atoms with Crippen LogP contribution in [0.25, 0.3) is 22.4 Å². The number of para-hydroxylation sites is 1. The smallest absolute Gasteiger partial charge is 0.234 e. The van der Waals surface area contributed by atoms with Crippen molar-refractivity contribution in [1.82, 2.24) is 20.8 Å². The number of benzene rings is 1. The second-order valence-corrected chi connectivity index (χ2v) is 6.82. The molecule has 0 radical (unpaired) electrons. The van der Waals surface area contributed by atoms with Crippen LogP contribution in [0.15, 0.2) is 40.9 Å². The molecule has 24 heavy (non-hydrogen) atoms. The number of furan rings is 1. The van der Waals surface area contributed by atoms with Gasteiger partial charge >= 0.3 is 0 Å². The SMILES string of the molecule is CC(C)(C)NC(=O)CNCc1cn[nH]c1-c1cc2ccccc2o1. The predicted molar refractivity (Wildman–Crippen MR) is 93.4 cm³/mol. The lowest BCUT2D eigenvalue weighted by Gasteiger charge is -2.20. The molecular weight excluding hydrogens is 304 g/mol. The Morgan fingerprint density at radius 2 is 2.08 bits per heavy atom. The van der Waals surface area contributed by atoms with E-state index in [1.165, 1.54) is 0 Å². The van der Waals surface area contributed by atoms with Crippen LogP contribution in [-0.2, 0) is 11.3 Å². The summed E-state index contributed by atoms with van der Waals surface area (Å²) in [5.74, 6) is 0.709. The molecule has 0 fully saturated rings. The molecule has 0 aliphatic heterocycles. The van der Waals surface area contributed by atoms with Gasteiger partial charge in [0, 0.05) is 23.0 Å². The first-order valence-electron chi connectivity index (χ1n) is 7.95. The molecule has 0 spiro atoms. The molecule has 0 saturated carbocycles. The topological polar surface area (TPSA) is 83.0 Å². The fourth-order valence-electron chi connectivity index (χ4n) is 2.54. The lowest BCUT2D eigenvalue weighted by Crippen LogP contribution is -2.44. The highest BCUT2D eigenvalue weighted by Crippen LogP contribution is 2.28. The first-order valence-corrected chi connectivity index (χ1v) is 7.95. The monoisotopic (exact) mass is 326 g/mol. The van der Waals surface area contributed by atoms with Crippen LogP contribution in [0.3, 0.4) is 0 Å². The number of fused-ring (bicyclic) bond motifs is 1. The molecule has 1 aromatic carbocycles. The lowest BCUT2D eigenvalue weighted by atomic mass is 10.1. The maximum atomic E-state index is 11.8. The fraction of sp³-hybridized carbons (Fsp3) is 0.333. The van der Waals surface area contributed by atoms with Gasteiger partial charge in [-0.15, -0.1) is 0 Å². The summed E-state index contributed by atoms with van der Waals surface area (Å²) in [6, 6.07) is 9.85. The molecule has 3 aromatic rings. The van der Waals surface area contributed by atoms with Gasteiger partial charge in [-0.05, 0) is 32.9 Å². The molecule has 0 bridgehead atoms. The number of nitrogens with zero attached hydrogens (tertiary/aromatic N) is 1. The number of H-pyrrole nitrogens is 1. The molecule has 0 aliphatic rings. The van der Waals surface area contributed by atoms with E-state index < -0.39 is 0 Å². The van der Waals surface area contributed by atoms with Crippen LogP contribution in [0.2, 0.25) is 0 Å². The minimum atomic E-state index is -0.228. The van der Waals surface area contributed by atoms with E-state index in [4.69, 9.17) is 4.42 Å². The summed E-state index contributed by atoms with van der Waals surface area (Å²) < 4.78 is 5.87. The number of aromatic amines is 1. The Hall–Kier alpha value is -2.60. The van der Waals surface area contributed by atoms with Gasteiger partial charge in [0.25, 0.3) is 0 Å². The van der Waals surface area contributed by atoms with Crippen molar-refractivity contribution in [3.05, 3.63) is 42.1 Å². The van der Waals surface area contributed by atoms with Crippen molar-refractivity contribution >= 4 is 16.9 Å². The van der Waals surface area contributed by atoms with Gasteiger partial charge in [-0.2, -0.15) is 5.10 Å². The van der Waals surface area contributed by atoms with Gasteiger partial charge in [0.2, 0.25) is 5.91 Å². The standard InChI is InChI=1S/C18H22N4O2/c1-18(2,3)21-16(23)11-19-9-13-10-20-22-17(13)15-8-12-6-4-5-7-14(12)24-15/h4-8,10,19H,9,11H2,1-3H3,(H,20,22)(H,21,23). The van der Waals surface area contributed by atoms with Gasteiger partial charge in [-0.25, -0.2) is 0 Å². The highest BCUT2D eigenvalue weighted by Gasteiger charge is 2.15. The van der Waals surface area contributed by atoms with E-state index in [-0.39, 0.29) is 18.0 Å². The highest BCUT2D eigenvalue weighted by atomic mass is 16.3. The summed E-state index contributed by atoms with van der Waals surface area (Å²) in [7, 11) is 0. The van der Waals surface area contributed by atoms with Gasteiger partial charge in [0.15, 0.2) is 5.76 Å². The number of carbonyl (C=O) groups is 1. The zero-order valence-electron chi connectivity index (χ0n) is 14.1. The Morgan fingerprint density at radius 3 is 2.83 bits per heavy atom. The zero-order chi connectivity index (χ0) is 17.2. The largest absolute Gasteiger partial charge is 0.454 e. The van der Waals surface area contributed by atoms with E-state index in [1.807, 2.05) is 51.1 Å². The Bertz CT molecular complexity index is 809. The number of hydrogen-bond donors (Lipinski definition) is 3. The average Bonchev–Trinajstić information content (AvgIpc) is 3.10. The predicted octanol–water partition coefficient (Wildman–Crippen LogP) is 2.83. The molecule has 0 unspecified atom stereocenters. The molecule has 126 valence electrons. The number of amides is 1. The summed E-state index contributed by atoms with van der Waals surface area (Å²) in [6.07, 6.45) is 1.75. The quantitative estimate of drug-likeness (QED) is 0.673. The molecule has 0 atom stereocenters. The maximum Gasteiger partial charge on any atom is 0.234 e. The van der Waals surface area contributed by atoms with Crippen molar-refractivity contribution in [2.45, 2.75) is 32.9 Å². The second kappa shape index (κ2) is 6.49. The highest BCUT2D eigenvalue weighted by molar-refractivity contribution is 5.82. The van der Waals surface area contributed by atoms with Gasteiger partial charge < -0.3 is 15.1 Å². The molecule has 3 rings (SSSR count). The number of rotatable bonds is 5. The van der Waals surface area contributed by atoms with Crippen LogP contribution in [0.4, 0.5) is 0 Å².